The van der Waals surface area contributed by atoms with E-state index in [1.165, 1.54) is 0 Å². The summed E-state index contributed by atoms with van der Waals surface area (Å²) < 4.78 is 2.09. The molecule has 1 aliphatic carbocycles. The lowest BCUT2D eigenvalue weighted by molar-refractivity contribution is -0.142. The van der Waals surface area contributed by atoms with Gasteiger partial charge >= 0.3 is 0 Å². The number of rotatable bonds is 6. The minimum atomic E-state index is -0.142. The first-order valence-corrected chi connectivity index (χ1v) is 9.71. The molecule has 2 fully saturated rings. The number of amides is 2. The van der Waals surface area contributed by atoms with Crippen molar-refractivity contribution in [1.82, 2.24) is 19.8 Å². The summed E-state index contributed by atoms with van der Waals surface area (Å²) in [6.07, 6.45) is 10.7. The average molecular weight is 346 g/mol. The number of carbonyl (C=O) groups is 2. The highest BCUT2D eigenvalue weighted by molar-refractivity contribution is 5.88. The number of nitrogens with one attached hydrogen (secondary N) is 1. The van der Waals surface area contributed by atoms with Crippen molar-refractivity contribution in [3.8, 4) is 0 Å². The highest BCUT2D eigenvalue weighted by Gasteiger charge is 2.38. The van der Waals surface area contributed by atoms with Crippen molar-refractivity contribution >= 4 is 11.8 Å². The van der Waals surface area contributed by atoms with Crippen molar-refractivity contribution in [2.75, 3.05) is 19.6 Å². The fraction of sp³-hybridized carbons (Fsp3) is 0.737. The predicted molar refractivity (Wildman–Crippen MR) is 95.9 cm³/mol. The molecule has 0 unspecified atom stereocenters. The normalized spacial score (nSPS) is 23.6. The number of carbonyl (C=O) groups excluding carboxylic acids is 2. The van der Waals surface area contributed by atoms with Crippen LogP contribution in [0.25, 0.3) is 0 Å². The summed E-state index contributed by atoms with van der Waals surface area (Å²) in [7, 11) is 0. The van der Waals surface area contributed by atoms with Crippen LogP contribution in [-0.4, -0.2) is 45.9 Å². The highest BCUT2D eigenvalue weighted by atomic mass is 16.2. The topological polar surface area (TPSA) is 67.2 Å². The SMILES string of the molecule is Cc1nccn1CCCNC(=O)[C@@H]1CCCC[C@H]1C(=O)N1CCCC1. The largest absolute Gasteiger partial charge is 0.356 e. The fourth-order valence-electron chi connectivity index (χ4n) is 4.14. The Morgan fingerprint density at radius 3 is 2.56 bits per heavy atom. The predicted octanol–water partition coefficient (Wildman–Crippen LogP) is 2.13. The molecule has 0 bridgehead atoms. The molecule has 0 spiro atoms. The smallest absolute Gasteiger partial charge is 0.226 e. The van der Waals surface area contributed by atoms with E-state index in [-0.39, 0.29) is 23.7 Å². The molecule has 6 nitrogen and oxygen atoms in total. The van der Waals surface area contributed by atoms with Crippen LogP contribution in [0.1, 0.15) is 50.8 Å². The zero-order chi connectivity index (χ0) is 17.6. The first-order chi connectivity index (χ1) is 12.2. The molecular weight excluding hydrogens is 316 g/mol. The summed E-state index contributed by atoms with van der Waals surface area (Å²) in [5, 5.41) is 3.07. The number of likely N-dealkylation sites (tertiary alicyclic amines) is 1. The monoisotopic (exact) mass is 346 g/mol. The van der Waals surface area contributed by atoms with Gasteiger partial charge in [0.15, 0.2) is 0 Å². The van der Waals surface area contributed by atoms with Crippen molar-refractivity contribution in [2.24, 2.45) is 11.8 Å². The summed E-state index contributed by atoms with van der Waals surface area (Å²) >= 11 is 0. The fourth-order valence-corrected chi connectivity index (χ4v) is 4.14. The van der Waals surface area contributed by atoms with Crippen LogP contribution in [0.2, 0.25) is 0 Å². The molecule has 2 aliphatic rings. The van der Waals surface area contributed by atoms with E-state index < -0.39 is 0 Å². The van der Waals surface area contributed by atoms with E-state index in [4.69, 9.17) is 0 Å². The first-order valence-electron chi connectivity index (χ1n) is 9.71. The van der Waals surface area contributed by atoms with E-state index in [1.54, 1.807) is 6.20 Å². The molecular formula is C19H30N4O2. The van der Waals surface area contributed by atoms with E-state index >= 15 is 0 Å². The molecule has 2 atom stereocenters. The third-order valence-electron chi connectivity index (χ3n) is 5.64. The van der Waals surface area contributed by atoms with Crippen molar-refractivity contribution in [2.45, 2.75) is 58.4 Å². The number of aromatic nitrogens is 2. The molecule has 138 valence electrons. The van der Waals surface area contributed by atoms with Gasteiger partial charge in [0.1, 0.15) is 5.82 Å². The number of nitrogens with zero attached hydrogens (tertiary/aromatic N) is 3. The lowest BCUT2D eigenvalue weighted by Gasteiger charge is -2.32. The molecule has 2 heterocycles. The van der Waals surface area contributed by atoms with Gasteiger partial charge in [0, 0.05) is 50.4 Å². The third kappa shape index (κ3) is 4.41. The van der Waals surface area contributed by atoms with Gasteiger partial charge in [-0.25, -0.2) is 4.98 Å². The lowest BCUT2D eigenvalue weighted by Crippen LogP contribution is -2.44. The lowest BCUT2D eigenvalue weighted by atomic mass is 9.78. The van der Waals surface area contributed by atoms with Crippen LogP contribution in [0.4, 0.5) is 0 Å². The van der Waals surface area contributed by atoms with Crippen LogP contribution in [0.3, 0.4) is 0 Å². The molecule has 3 rings (SSSR count). The number of hydrogen-bond acceptors (Lipinski definition) is 3. The molecule has 1 saturated carbocycles. The van der Waals surface area contributed by atoms with E-state index in [1.807, 2.05) is 18.0 Å². The van der Waals surface area contributed by atoms with Gasteiger partial charge in [-0.2, -0.15) is 0 Å². The molecule has 25 heavy (non-hydrogen) atoms. The van der Waals surface area contributed by atoms with Gasteiger partial charge in [-0.1, -0.05) is 12.8 Å². The highest BCUT2D eigenvalue weighted by Crippen LogP contribution is 2.32. The average Bonchev–Trinajstić information content (AvgIpc) is 3.30. The molecule has 1 aromatic rings. The van der Waals surface area contributed by atoms with Crippen molar-refractivity contribution in [3.05, 3.63) is 18.2 Å². The van der Waals surface area contributed by atoms with Gasteiger partial charge < -0.3 is 14.8 Å². The Hall–Kier alpha value is -1.85. The van der Waals surface area contributed by atoms with E-state index in [9.17, 15) is 9.59 Å². The van der Waals surface area contributed by atoms with Crippen molar-refractivity contribution in [3.63, 3.8) is 0 Å². The second-order valence-electron chi connectivity index (χ2n) is 7.34. The van der Waals surface area contributed by atoms with Crippen LogP contribution in [-0.2, 0) is 16.1 Å². The molecule has 1 aromatic heterocycles. The van der Waals surface area contributed by atoms with Gasteiger partial charge in [0.25, 0.3) is 0 Å². The standard InChI is InChI=1S/C19H30N4O2/c1-15-20-10-14-22(15)13-6-9-21-18(24)16-7-2-3-8-17(16)19(25)23-11-4-5-12-23/h10,14,16-17H,2-9,11-13H2,1H3,(H,21,24)/t16-,17-/m1/s1. The number of aryl methyl sites for hydroxylation is 2. The quantitative estimate of drug-likeness (QED) is 0.803. The van der Waals surface area contributed by atoms with E-state index in [0.29, 0.717) is 6.54 Å². The Morgan fingerprint density at radius 2 is 1.88 bits per heavy atom. The van der Waals surface area contributed by atoms with Gasteiger partial charge in [-0.3, -0.25) is 9.59 Å². The Labute approximate surface area is 150 Å². The summed E-state index contributed by atoms with van der Waals surface area (Å²) in [6, 6.07) is 0. The van der Waals surface area contributed by atoms with Gasteiger partial charge in [0.2, 0.25) is 11.8 Å². The number of imidazole rings is 1. The van der Waals surface area contributed by atoms with Crippen LogP contribution in [0.5, 0.6) is 0 Å². The van der Waals surface area contributed by atoms with Crippen LogP contribution in [0.15, 0.2) is 12.4 Å². The van der Waals surface area contributed by atoms with Crippen molar-refractivity contribution < 1.29 is 9.59 Å². The van der Waals surface area contributed by atoms with Crippen LogP contribution < -0.4 is 5.32 Å². The third-order valence-corrected chi connectivity index (χ3v) is 5.64. The Balaban J connectivity index is 1.48. The maximum atomic E-state index is 12.8. The Bertz CT molecular complexity index is 592. The number of hydrogen-bond donors (Lipinski definition) is 1. The van der Waals surface area contributed by atoms with Gasteiger partial charge in [-0.05, 0) is 39.0 Å². The molecule has 2 amide bonds. The molecule has 1 N–H and O–H groups in total. The summed E-state index contributed by atoms with van der Waals surface area (Å²) in [6.45, 7) is 5.22. The van der Waals surface area contributed by atoms with E-state index in [0.717, 1.165) is 70.4 Å². The Morgan fingerprint density at radius 1 is 1.16 bits per heavy atom. The van der Waals surface area contributed by atoms with Crippen LogP contribution in [0, 0.1) is 18.8 Å². The molecule has 0 aromatic carbocycles. The minimum absolute atomic E-state index is 0.0691. The molecule has 6 heteroatoms. The summed E-state index contributed by atoms with van der Waals surface area (Å²) in [5.74, 6) is 1.03. The minimum Gasteiger partial charge on any atom is -0.356 e. The van der Waals surface area contributed by atoms with Crippen LogP contribution >= 0.6 is 0 Å². The molecule has 0 radical (unpaired) electrons. The zero-order valence-corrected chi connectivity index (χ0v) is 15.2. The first kappa shape index (κ1) is 18.0. The maximum Gasteiger partial charge on any atom is 0.226 e. The molecule has 1 saturated heterocycles. The van der Waals surface area contributed by atoms with Gasteiger partial charge in [0.05, 0.1) is 0 Å². The maximum absolute atomic E-state index is 12.8. The summed E-state index contributed by atoms with van der Waals surface area (Å²) in [4.78, 5) is 31.6. The van der Waals surface area contributed by atoms with Gasteiger partial charge in [-0.15, -0.1) is 0 Å². The zero-order valence-electron chi connectivity index (χ0n) is 15.2. The Kier molecular flexibility index (Phi) is 6.10. The molecule has 1 aliphatic heterocycles. The second-order valence-corrected chi connectivity index (χ2v) is 7.34. The van der Waals surface area contributed by atoms with E-state index in [2.05, 4.69) is 14.9 Å². The summed E-state index contributed by atoms with van der Waals surface area (Å²) in [5.41, 5.74) is 0. The van der Waals surface area contributed by atoms with Crippen molar-refractivity contribution in [1.29, 1.82) is 0 Å². The second kappa shape index (κ2) is 8.50.